The van der Waals surface area contributed by atoms with Gasteiger partial charge < -0.3 is 9.88 Å². The summed E-state index contributed by atoms with van der Waals surface area (Å²) in [6.07, 6.45) is 7.23. The van der Waals surface area contributed by atoms with Gasteiger partial charge in [-0.15, -0.1) is 0 Å². The Balaban J connectivity index is 1.98. The maximum Gasteiger partial charge on any atom is 0.296 e. The monoisotopic (exact) mass is 360 g/mol. The molecule has 0 atom stereocenters. The summed E-state index contributed by atoms with van der Waals surface area (Å²) in [6, 6.07) is 3.39. The van der Waals surface area contributed by atoms with Gasteiger partial charge in [-0.1, -0.05) is 29.8 Å². The zero-order chi connectivity index (χ0) is 17.3. The third-order valence-corrected chi connectivity index (χ3v) is 3.90. The quantitative estimate of drug-likeness (QED) is 0.568. The SMILES string of the molecule is C=Cn1cc(C(=O)C(=O)Nc2c(Cl)cncc2Cl)c2cccnc21. The summed E-state index contributed by atoms with van der Waals surface area (Å²) in [6.45, 7) is 3.66. The second-order valence-electron chi connectivity index (χ2n) is 4.77. The molecule has 0 aliphatic rings. The number of pyridine rings is 2. The van der Waals surface area contributed by atoms with Crippen molar-refractivity contribution in [2.45, 2.75) is 0 Å². The average molecular weight is 361 g/mol. The van der Waals surface area contributed by atoms with Crippen LogP contribution in [0.25, 0.3) is 17.2 Å². The molecular weight excluding hydrogens is 351 g/mol. The van der Waals surface area contributed by atoms with Crippen molar-refractivity contribution in [1.82, 2.24) is 14.5 Å². The lowest BCUT2D eigenvalue weighted by molar-refractivity contribution is -0.112. The molecule has 24 heavy (non-hydrogen) atoms. The predicted octanol–water partition coefficient (Wildman–Crippen LogP) is 3.66. The molecule has 120 valence electrons. The first-order valence-electron chi connectivity index (χ1n) is 6.75. The molecule has 0 radical (unpaired) electrons. The second-order valence-corrected chi connectivity index (χ2v) is 5.58. The summed E-state index contributed by atoms with van der Waals surface area (Å²) in [7, 11) is 0. The number of Topliss-reactive ketones (excluding diaryl/α,β-unsaturated/α-hetero) is 1. The maximum absolute atomic E-state index is 12.5. The Bertz CT molecular complexity index is 961. The van der Waals surface area contributed by atoms with Crippen LogP contribution in [0, 0.1) is 0 Å². The van der Waals surface area contributed by atoms with Gasteiger partial charge >= 0.3 is 0 Å². The first-order chi connectivity index (χ1) is 11.5. The van der Waals surface area contributed by atoms with E-state index in [1.165, 1.54) is 24.8 Å². The van der Waals surface area contributed by atoms with Crippen LogP contribution in [0.4, 0.5) is 5.69 Å². The number of nitrogens with zero attached hydrogens (tertiary/aromatic N) is 3. The first kappa shape index (κ1) is 16.2. The summed E-state index contributed by atoms with van der Waals surface area (Å²) < 4.78 is 1.57. The number of carbonyl (C=O) groups excluding carboxylic acids is 2. The molecule has 0 unspecified atom stereocenters. The standard InChI is InChI=1S/C16H10Cl2N4O2/c1-2-22-8-10(9-4-3-5-20-15(9)22)14(23)16(24)21-13-11(17)6-19-7-12(13)18/h2-8H,1H2,(H,19,21,24). The van der Waals surface area contributed by atoms with Gasteiger partial charge in [0.2, 0.25) is 0 Å². The molecule has 3 heterocycles. The van der Waals surface area contributed by atoms with Crippen LogP contribution in [0.3, 0.4) is 0 Å². The number of carbonyl (C=O) groups is 2. The van der Waals surface area contributed by atoms with Crippen LogP contribution >= 0.6 is 23.2 Å². The van der Waals surface area contributed by atoms with E-state index in [1.807, 2.05) is 0 Å². The topological polar surface area (TPSA) is 76.9 Å². The van der Waals surface area contributed by atoms with E-state index in [9.17, 15) is 9.59 Å². The van der Waals surface area contributed by atoms with Crippen molar-refractivity contribution in [2.24, 2.45) is 0 Å². The molecule has 3 rings (SSSR count). The van der Waals surface area contributed by atoms with Crippen LogP contribution in [0.2, 0.25) is 10.0 Å². The normalized spacial score (nSPS) is 10.6. The highest BCUT2D eigenvalue weighted by Crippen LogP contribution is 2.29. The number of anilines is 1. The zero-order valence-corrected chi connectivity index (χ0v) is 13.7. The Morgan fingerprint density at radius 1 is 1.25 bits per heavy atom. The van der Waals surface area contributed by atoms with Crippen molar-refractivity contribution in [3.63, 3.8) is 0 Å². The Morgan fingerprint density at radius 2 is 1.96 bits per heavy atom. The van der Waals surface area contributed by atoms with Crippen LogP contribution in [0.5, 0.6) is 0 Å². The lowest BCUT2D eigenvalue weighted by atomic mass is 10.1. The highest BCUT2D eigenvalue weighted by molar-refractivity contribution is 6.50. The van der Waals surface area contributed by atoms with Crippen LogP contribution in [0.15, 0.2) is 43.5 Å². The molecule has 0 aliphatic heterocycles. The van der Waals surface area contributed by atoms with Crippen molar-refractivity contribution >= 4 is 57.8 Å². The number of halogens is 2. The van der Waals surface area contributed by atoms with Gasteiger partial charge in [0.05, 0.1) is 21.3 Å². The number of rotatable bonds is 4. The van der Waals surface area contributed by atoms with Gasteiger partial charge in [-0.2, -0.15) is 0 Å². The number of fused-ring (bicyclic) bond motifs is 1. The van der Waals surface area contributed by atoms with Gasteiger partial charge in [-0.3, -0.25) is 14.6 Å². The summed E-state index contributed by atoms with van der Waals surface area (Å²) in [5, 5.41) is 3.24. The molecule has 0 saturated carbocycles. The number of hydrogen-bond acceptors (Lipinski definition) is 4. The van der Waals surface area contributed by atoms with Crippen molar-refractivity contribution in [3.8, 4) is 0 Å². The summed E-state index contributed by atoms with van der Waals surface area (Å²) in [5.41, 5.74) is 0.873. The molecule has 8 heteroatoms. The molecule has 1 N–H and O–H groups in total. The van der Waals surface area contributed by atoms with Crippen LogP contribution in [-0.4, -0.2) is 26.2 Å². The zero-order valence-electron chi connectivity index (χ0n) is 12.2. The lowest BCUT2D eigenvalue weighted by Gasteiger charge is -2.07. The maximum atomic E-state index is 12.5. The molecule has 1 amide bonds. The minimum Gasteiger partial charge on any atom is -0.316 e. The molecule has 0 spiro atoms. The Hall–Kier alpha value is -2.70. The van der Waals surface area contributed by atoms with Crippen molar-refractivity contribution in [3.05, 3.63) is 59.1 Å². The van der Waals surface area contributed by atoms with E-state index < -0.39 is 11.7 Å². The highest BCUT2D eigenvalue weighted by atomic mass is 35.5. The first-order valence-corrected chi connectivity index (χ1v) is 7.51. The van der Waals surface area contributed by atoms with E-state index in [2.05, 4.69) is 21.9 Å². The van der Waals surface area contributed by atoms with Gasteiger partial charge in [0.15, 0.2) is 0 Å². The fraction of sp³-hybridized carbons (Fsp3) is 0. The number of amides is 1. The summed E-state index contributed by atoms with van der Waals surface area (Å²) in [5.74, 6) is -1.60. The summed E-state index contributed by atoms with van der Waals surface area (Å²) >= 11 is 11.9. The van der Waals surface area contributed by atoms with E-state index >= 15 is 0 Å². The Morgan fingerprint density at radius 3 is 2.62 bits per heavy atom. The van der Waals surface area contributed by atoms with Gasteiger partial charge in [0, 0.05) is 36.4 Å². The van der Waals surface area contributed by atoms with Crippen molar-refractivity contribution < 1.29 is 9.59 Å². The molecular formula is C16H10Cl2N4O2. The molecule has 0 bridgehead atoms. The van der Waals surface area contributed by atoms with Crippen molar-refractivity contribution in [1.29, 1.82) is 0 Å². The highest BCUT2D eigenvalue weighted by Gasteiger charge is 2.23. The number of ketones is 1. The van der Waals surface area contributed by atoms with E-state index in [0.29, 0.717) is 11.0 Å². The van der Waals surface area contributed by atoms with E-state index in [1.54, 1.807) is 22.9 Å². The van der Waals surface area contributed by atoms with E-state index in [0.717, 1.165) is 0 Å². The van der Waals surface area contributed by atoms with Gasteiger partial charge in [-0.25, -0.2) is 4.98 Å². The molecule has 0 aliphatic carbocycles. The van der Waals surface area contributed by atoms with Crippen LogP contribution in [0.1, 0.15) is 10.4 Å². The van der Waals surface area contributed by atoms with E-state index in [4.69, 9.17) is 23.2 Å². The second kappa shape index (κ2) is 6.43. The average Bonchev–Trinajstić information content (AvgIpc) is 2.96. The third-order valence-electron chi connectivity index (χ3n) is 3.33. The van der Waals surface area contributed by atoms with Gasteiger partial charge in [0.25, 0.3) is 11.7 Å². The molecule has 3 aromatic rings. The fourth-order valence-corrected chi connectivity index (χ4v) is 2.69. The molecule has 3 aromatic heterocycles. The van der Waals surface area contributed by atoms with E-state index in [-0.39, 0.29) is 21.3 Å². The minimum absolute atomic E-state index is 0.136. The summed E-state index contributed by atoms with van der Waals surface area (Å²) in [4.78, 5) is 32.8. The Kier molecular flexibility index (Phi) is 4.33. The van der Waals surface area contributed by atoms with Crippen molar-refractivity contribution in [2.75, 3.05) is 5.32 Å². The van der Waals surface area contributed by atoms with Crippen LogP contribution in [-0.2, 0) is 4.79 Å². The lowest BCUT2D eigenvalue weighted by Crippen LogP contribution is -2.23. The number of hydrogen-bond donors (Lipinski definition) is 1. The largest absolute Gasteiger partial charge is 0.316 e. The van der Waals surface area contributed by atoms with Crippen LogP contribution < -0.4 is 5.32 Å². The molecule has 0 saturated heterocycles. The third kappa shape index (κ3) is 2.77. The van der Waals surface area contributed by atoms with Gasteiger partial charge in [0.1, 0.15) is 5.65 Å². The molecule has 6 nitrogen and oxygen atoms in total. The molecule has 0 aromatic carbocycles. The smallest absolute Gasteiger partial charge is 0.296 e. The predicted molar refractivity (Wildman–Crippen MR) is 93.3 cm³/mol. The number of aromatic nitrogens is 3. The Labute approximate surface area is 146 Å². The molecule has 0 fully saturated rings. The fourth-order valence-electron chi connectivity index (χ4n) is 2.23. The number of nitrogens with one attached hydrogen (secondary N) is 1. The van der Waals surface area contributed by atoms with Gasteiger partial charge in [-0.05, 0) is 12.1 Å². The minimum atomic E-state index is -0.864.